The zero-order valence-corrected chi connectivity index (χ0v) is 15.1. The number of Topliss-reactive ketones (excluding diaryl/α,β-unsaturated/α-hetero) is 1. The molecule has 6 nitrogen and oxygen atoms in total. The molecular weight excluding hydrogens is 392 g/mol. The van der Waals surface area contributed by atoms with Crippen molar-refractivity contribution in [2.75, 3.05) is 42.6 Å². The number of anilines is 2. The molecule has 0 aliphatic carbocycles. The first kappa shape index (κ1) is 19.3. The van der Waals surface area contributed by atoms with Crippen LogP contribution in [0.4, 0.5) is 29.1 Å². The fourth-order valence-electron chi connectivity index (χ4n) is 3.47. The Morgan fingerprint density at radius 2 is 1.72 bits per heavy atom. The number of fused-ring (bicyclic) bond motifs is 1. The van der Waals surface area contributed by atoms with Gasteiger partial charge in [0.05, 0.1) is 23.5 Å². The molecule has 10 heteroatoms. The highest BCUT2D eigenvalue weighted by Crippen LogP contribution is 2.31. The molecule has 0 bridgehead atoms. The Bertz CT molecular complexity index is 954. The lowest BCUT2D eigenvalue weighted by Gasteiger charge is -2.37. The lowest BCUT2D eigenvalue weighted by atomic mass is 10.1. The molecule has 2 aliphatic rings. The summed E-state index contributed by atoms with van der Waals surface area (Å²) in [6.45, 7) is 2.24. The molecule has 1 aromatic heterocycles. The standard InChI is InChI=1S/C19H16F4N4O2/c20-13-2-3-15-14(9-13)17(28)18(29)27(15)11-25-5-7-26(8-6-25)16-4-1-12(10-24-16)19(21,22)23/h1-4,9-10H,5-8,11H2. The van der Waals surface area contributed by atoms with Crippen molar-refractivity contribution in [1.29, 1.82) is 0 Å². The summed E-state index contributed by atoms with van der Waals surface area (Å²) in [6.07, 6.45) is -3.62. The number of amides is 1. The zero-order chi connectivity index (χ0) is 20.8. The average Bonchev–Trinajstić information content (AvgIpc) is 2.92. The summed E-state index contributed by atoms with van der Waals surface area (Å²) in [6, 6.07) is 6.01. The summed E-state index contributed by atoms with van der Waals surface area (Å²) in [4.78, 5) is 33.4. The van der Waals surface area contributed by atoms with E-state index >= 15 is 0 Å². The van der Waals surface area contributed by atoms with Crippen LogP contribution >= 0.6 is 0 Å². The third kappa shape index (κ3) is 3.67. The van der Waals surface area contributed by atoms with Gasteiger partial charge < -0.3 is 4.90 Å². The van der Waals surface area contributed by atoms with Gasteiger partial charge in [-0.15, -0.1) is 0 Å². The first-order valence-electron chi connectivity index (χ1n) is 8.90. The monoisotopic (exact) mass is 408 g/mol. The Morgan fingerprint density at radius 1 is 1.00 bits per heavy atom. The van der Waals surface area contributed by atoms with Crippen LogP contribution in [-0.4, -0.2) is 54.4 Å². The van der Waals surface area contributed by atoms with Gasteiger partial charge in [0.25, 0.3) is 5.78 Å². The van der Waals surface area contributed by atoms with Crippen LogP contribution < -0.4 is 9.80 Å². The van der Waals surface area contributed by atoms with Crippen LogP contribution in [0.15, 0.2) is 36.5 Å². The van der Waals surface area contributed by atoms with Crippen molar-refractivity contribution in [2.24, 2.45) is 0 Å². The number of piperazine rings is 1. The first-order valence-corrected chi connectivity index (χ1v) is 8.90. The van der Waals surface area contributed by atoms with E-state index in [0.29, 0.717) is 37.7 Å². The maximum absolute atomic E-state index is 13.4. The zero-order valence-electron chi connectivity index (χ0n) is 15.1. The predicted molar refractivity (Wildman–Crippen MR) is 96.1 cm³/mol. The molecule has 0 radical (unpaired) electrons. The molecule has 1 fully saturated rings. The number of carbonyl (C=O) groups is 2. The maximum atomic E-state index is 13.4. The van der Waals surface area contributed by atoms with Gasteiger partial charge in [0.1, 0.15) is 11.6 Å². The van der Waals surface area contributed by atoms with Crippen LogP contribution in [0.2, 0.25) is 0 Å². The molecule has 1 amide bonds. The molecule has 1 saturated heterocycles. The Kier molecular flexibility index (Phi) is 4.73. The van der Waals surface area contributed by atoms with Gasteiger partial charge in [0, 0.05) is 32.4 Å². The lowest BCUT2D eigenvalue weighted by Crippen LogP contribution is -2.51. The number of aromatic nitrogens is 1. The number of hydrogen-bond donors (Lipinski definition) is 0. The normalized spacial score (nSPS) is 17.8. The number of hydrogen-bond acceptors (Lipinski definition) is 5. The highest BCUT2D eigenvalue weighted by Gasteiger charge is 2.37. The van der Waals surface area contributed by atoms with Gasteiger partial charge in [0.2, 0.25) is 0 Å². The second-order valence-electron chi connectivity index (χ2n) is 6.87. The Balaban J connectivity index is 1.40. The van der Waals surface area contributed by atoms with Crippen LogP contribution in [-0.2, 0) is 11.0 Å². The Labute approximate surface area is 163 Å². The third-order valence-electron chi connectivity index (χ3n) is 5.05. The van der Waals surface area contributed by atoms with Crippen LogP contribution in [0.5, 0.6) is 0 Å². The SMILES string of the molecule is O=C1C(=O)N(CN2CCN(c3ccc(C(F)(F)F)cn3)CC2)c2ccc(F)cc21. The van der Waals surface area contributed by atoms with Crippen molar-refractivity contribution in [2.45, 2.75) is 6.18 Å². The summed E-state index contributed by atoms with van der Waals surface area (Å²) in [5, 5.41) is 0. The fraction of sp³-hybridized carbons (Fsp3) is 0.316. The van der Waals surface area contributed by atoms with Gasteiger partial charge >= 0.3 is 12.1 Å². The van der Waals surface area contributed by atoms with Crippen LogP contribution in [0.25, 0.3) is 0 Å². The van der Waals surface area contributed by atoms with Crippen molar-refractivity contribution in [3.63, 3.8) is 0 Å². The smallest absolute Gasteiger partial charge is 0.354 e. The highest BCUT2D eigenvalue weighted by atomic mass is 19.4. The van der Waals surface area contributed by atoms with E-state index in [1.54, 1.807) is 0 Å². The topological polar surface area (TPSA) is 56.8 Å². The number of rotatable bonds is 3. The summed E-state index contributed by atoms with van der Waals surface area (Å²) in [7, 11) is 0. The van der Waals surface area contributed by atoms with Gasteiger partial charge in [-0.1, -0.05) is 0 Å². The summed E-state index contributed by atoms with van der Waals surface area (Å²) in [5.41, 5.74) is -0.358. The van der Waals surface area contributed by atoms with Crippen molar-refractivity contribution in [3.05, 3.63) is 53.5 Å². The molecular formula is C19H16F4N4O2. The maximum Gasteiger partial charge on any atom is 0.417 e. The van der Waals surface area contributed by atoms with Gasteiger partial charge in [-0.2, -0.15) is 13.2 Å². The van der Waals surface area contributed by atoms with Gasteiger partial charge in [-0.05, 0) is 30.3 Å². The van der Waals surface area contributed by atoms with Crippen molar-refractivity contribution >= 4 is 23.2 Å². The molecule has 2 aliphatic heterocycles. The number of benzene rings is 1. The molecule has 2 aromatic rings. The van der Waals surface area contributed by atoms with Crippen LogP contribution in [0, 0.1) is 5.82 Å². The van der Waals surface area contributed by atoms with E-state index < -0.39 is 29.2 Å². The molecule has 4 rings (SSSR count). The van der Waals surface area contributed by atoms with Crippen molar-refractivity contribution in [3.8, 4) is 0 Å². The molecule has 3 heterocycles. The number of pyridine rings is 1. The first-order chi connectivity index (χ1) is 13.7. The quantitative estimate of drug-likeness (QED) is 0.577. The summed E-state index contributed by atoms with van der Waals surface area (Å²) in [5.74, 6) is -1.56. The number of halogens is 4. The molecule has 29 heavy (non-hydrogen) atoms. The minimum absolute atomic E-state index is 0.0580. The Hall–Kier alpha value is -3.01. The molecule has 0 N–H and O–H groups in total. The molecule has 0 spiro atoms. The fourth-order valence-corrected chi connectivity index (χ4v) is 3.47. The van der Waals surface area contributed by atoms with E-state index in [2.05, 4.69) is 4.98 Å². The summed E-state index contributed by atoms with van der Waals surface area (Å²) >= 11 is 0. The Morgan fingerprint density at radius 3 is 2.34 bits per heavy atom. The van der Waals surface area contributed by atoms with Crippen LogP contribution in [0.1, 0.15) is 15.9 Å². The second-order valence-corrected chi connectivity index (χ2v) is 6.87. The number of alkyl halides is 3. The predicted octanol–water partition coefficient (Wildman–Crippen LogP) is 2.55. The lowest BCUT2D eigenvalue weighted by molar-refractivity contribution is -0.137. The largest absolute Gasteiger partial charge is 0.417 e. The van der Waals surface area contributed by atoms with Crippen molar-refractivity contribution in [1.82, 2.24) is 9.88 Å². The number of ketones is 1. The minimum Gasteiger partial charge on any atom is -0.354 e. The van der Waals surface area contributed by atoms with Crippen LogP contribution in [0.3, 0.4) is 0 Å². The van der Waals surface area contributed by atoms with E-state index in [-0.39, 0.29) is 12.2 Å². The molecule has 152 valence electrons. The van der Waals surface area contributed by atoms with E-state index in [4.69, 9.17) is 0 Å². The van der Waals surface area contributed by atoms with Gasteiger partial charge in [-0.3, -0.25) is 19.4 Å². The number of carbonyl (C=O) groups excluding carboxylic acids is 2. The van der Waals surface area contributed by atoms with E-state index in [9.17, 15) is 27.2 Å². The highest BCUT2D eigenvalue weighted by molar-refractivity contribution is 6.52. The van der Waals surface area contributed by atoms with Gasteiger partial charge in [0.15, 0.2) is 0 Å². The minimum atomic E-state index is -4.43. The average molecular weight is 408 g/mol. The summed E-state index contributed by atoms with van der Waals surface area (Å²) < 4.78 is 51.3. The van der Waals surface area contributed by atoms with Gasteiger partial charge in [-0.25, -0.2) is 9.37 Å². The van der Waals surface area contributed by atoms with E-state index in [1.165, 1.54) is 23.1 Å². The van der Waals surface area contributed by atoms with Crippen molar-refractivity contribution < 1.29 is 27.2 Å². The molecule has 0 unspecified atom stereocenters. The molecule has 0 atom stereocenters. The molecule has 1 aromatic carbocycles. The van der Waals surface area contributed by atoms with E-state index in [1.807, 2.05) is 9.80 Å². The molecule has 0 saturated carbocycles. The number of nitrogens with zero attached hydrogens (tertiary/aromatic N) is 4. The third-order valence-corrected chi connectivity index (χ3v) is 5.05. The van der Waals surface area contributed by atoms with E-state index in [0.717, 1.165) is 18.3 Å². The second kappa shape index (κ2) is 7.11.